The molecule has 0 bridgehead atoms. The van der Waals surface area contributed by atoms with Crippen molar-refractivity contribution < 1.29 is 23.3 Å². The Morgan fingerprint density at radius 1 is 1.41 bits per heavy atom. The molecule has 152 valence electrons. The molecule has 29 heavy (non-hydrogen) atoms. The van der Waals surface area contributed by atoms with Gasteiger partial charge in [0.15, 0.2) is 11.6 Å². The van der Waals surface area contributed by atoms with E-state index in [1.807, 2.05) is 0 Å². The largest absolute Gasteiger partial charge is 0.499 e. The van der Waals surface area contributed by atoms with Gasteiger partial charge in [-0.15, -0.1) is 0 Å². The van der Waals surface area contributed by atoms with E-state index in [0.29, 0.717) is 10.7 Å². The summed E-state index contributed by atoms with van der Waals surface area (Å²) in [5.74, 6) is -1.63. The van der Waals surface area contributed by atoms with E-state index in [2.05, 4.69) is 38.5 Å². The number of aromatic nitrogens is 1. The number of nitrogen functional groups attached to an aromatic ring is 1. The highest BCUT2D eigenvalue weighted by molar-refractivity contribution is 9.10. The first kappa shape index (κ1) is 20.9. The molecule has 8 nitrogen and oxygen atoms in total. The first-order chi connectivity index (χ1) is 13.9. The minimum atomic E-state index is -0.856. The van der Waals surface area contributed by atoms with Gasteiger partial charge in [-0.2, -0.15) is 0 Å². The van der Waals surface area contributed by atoms with Gasteiger partial charge in [-0.1, -0.05) is 39.3 Å². The maximum atomic E-state index is 15.1. The zero-order valence-electron chi connectivity index (χ0n) is 14.8. The molecule has 0 unspecified atom stereocenters. The maximum absolute atomic E-state index is 15.1. The Morgan fingerprint density at radius 3 is 2.93 bits per heavy atom. The van der Waals surface area contributed by atoms with Crippen molar-refractivity contribution in [3.63, 3.8) is 0 Å². The summed E-state index contributed by atoms with van der Waals surface area (Å²) in [5, 5.41) is 6.82. The molecular weight excluding hydrogens is 471 g/mol. The number of ether oxygens (including phenoxy) is 1. The van der Waals surface area contributed by atoms with E-state index < -0.39 is 11.7 Å². The fourth-order valence-corrected chi connectivity index (χ4v) is 3.15. The van der Waals surface area contributed by atoms with Gasteiger partial charge >= 0.3 is 0 Å². The van der Waals surface area contributed by atoms with E-state index in [0.717, 1.165) is 4.47 Å². The Bertz CT molecular complexity index is 1080. The summed E-state index contributed by atoms with van der Waals surface area (Å²) in [6, 6.07) is 6.29. The zero-order valence-corrected chi connectivity index (χ0v) is 17.1. The van der Waals surface area contributed by atoms with Crippen LogP contribution in [0.3, 0.4) is 0 Å². The average molecular weight is 486 g/mol. The molecular formula is C18H15BrClFN4O4. The van der Waals surface area contributed by atoms with Crippen molar-refractivity contribution in [3.05, 3.63) is 58.0 Å². The molecule has 3 rings (SSSR count). The minimum Gasteiger partial charge on any atom is -0.499 e. The lowest BCUT2D eigenvalue weighted by Crippen LogP contribution is -2.26. The summed E-state index contributed by atoms with van der Waals surface area (Å²) in [5.41, 5.74) is 7.83. The number of amides is 1. The summed E-state index contributed by atoms with van der Waals surface area (Å²) < 4.78 is 25.7. The fourth-order valence-electron chi connectivity index (χ4n) is 2.43. The monoisotopic (exact) mass is 484 g/mol. The number of fused-ring (bicyclic) bond motifs is 1. The third-order valence-electron chi connectivity index (χ3n) is 3.75. The molecule has 11 heteroatoms. The molecule has 0 aliphatic rings. The van der Waals surface area contributed by atoms with Crippen molar-refractivity contribution in [2.75, 3.05) is 24.3 Å². The number of hydroxylamine groups is 1. The predicted molar refractivity (Wildman–Crippen MR) is 110 cm³/mol. The Labute approximate surface area is 177 Å². The number of hydrogen-bond donors (Lipinski definition) is 3. The van der Waals surface area contributed by atoms with Crippen molar-refractivity contribution in [1.29, 1.82) is 0 Å². The van der Waals surface area contributed by atoms with Crippen LogP contribution < -0.4 is 16.5 Å². The molecule has 0 aliphatic carbocycles. The van der Waals surface area contributed by atoms with Crippen molar-refractivity contribution in [2.45, 2.75) is 0 Å². The van der Waals surface area contributed by atoms with Crippen LogP contribution in [-0.4, -0.2) is 24.3 Å². The van der Waals surface area contributed by atoms with Gasteiger partial charge in [0.25, 0.3) is 5.91 Å². The molecule has 0 saturated heterocycles. The topological polar surface area (TPSA) is 112 Å². The van der Waals surface area contributed by atoms with Gasteiger partial charge in [0.2, 0.25) is 5.58 Å². The Kier molecular flexibility index (Phi) is 6.57. The summed E-state index contributed by atoms with van der Waals surface area (Å²) in [7, 11) is 0. The molecule has 3 aromatic rings. The molecule has 0 spiro atoms. The van der Waals surface area contributed by atoms with Gasteiger partial charge in [0, 0.05) is 4.47 Å². The molecule has 1 aromatic heterocycles. The van der Waals surface area contributed by atoms with Crippen LogP contribution in [0.2, 0.25) is 5.02 Å². The van der Waals surface area contributed by atoms with Gasteiger partial charge in [-0.05, 0) is 24.3 Å². The second kappa shape index (κ2) is 9.12. The number of rotatable bonds is 8. The minimum absolute atomic E-state index is 0.0542. The Morgan fingerprint density at radius 2 is 2.21 bits per heavy atom. The maximum Gasteiger partial charge on any atom is 0.277 e. The predicted octanol–water partition coefficient (Wildman–Crippen LogP) is 4.53. The van der Waals surface area contributed by atoms with Crippen LogP contribution in [0.1, 0.15) is 10.4 Å². The van der Waals surface area contributed by atoms with Crippen molar-refractivity contribution in [1.82, 2.24) is 10.6 Å². The third-order valence-corrected chi connectivity index (χ3v) is 4.56. The van der Waals surface area contributed by atoms with Gasteiger partial charge in [-0.25, -0.2) is 9.87 Å². The molecule has 0 fully saturated rings. The molecule has 1 amide bonds. The molecule has 2 aromatic carbocycles. The van der Waals surface area contributed by atoms with Crippen LogP contribution in [0.4, 0.5) is 21.6 Å². The highest BCUT2D eigenvalue weighted by Gasteiger charge is 2.24. The second-order valence-electron chi connectivity index (χ2n) is 5.62. The van der Waals surface area contributed by atoms with Crippen LogP contribution in [0.15, 0.2) is 46.1 Å². The van der Waals surface area contributed by atoms with E-state index in [1.165, 1.54) is 12.3 Å². The Balaban J connectivity index is 1.97. The smallest absolute Gasteiger partial charge is 0.277 e. The van der Waals surface area contributed by atoms with Crippen molar-refractivity contribution in [2.24, 2.45) is 0 Å². The summed E-state index contributed by atoms with van der Waals surface area (Å²) in [6.45, 7) is 3.62. The number of anilines is 3. The second-order valence-corrected chi connectivity index (χ2v) is 6.95. The lowest BCUT2D eigenvalue weighted by molar-refractivity contribution is 0.0145. The number of carbonyl (C=O) groups is 1. The quantitative estimate of drug-likeness (QED) is 0.244. The van der Waals surface area contributed by atoms with Gasteiger partial charge in [-0.3, -0.25) is 9.63 Å². The standard InChI is InChI=1S/C18H15BrClFN4O4/c1-2-27-5-6-28-25-18(26)10-8-11-16(29-24-17(11)22)14(21)15(10)23-13-4-3-9(19)7-12(13)20/h2-4,7-8,23H,1,5-6H2,(H2,22,24)(H,25,26). The Hall–Kier alpha value is -2.82. The molecule has 4 N–H and O–H groups in total. The first-order valence-electron chi connectivity index (χ1n) is 8.16. The van der Waals surface area contributed by atoms with Gasteiger partial charge in [0.1, 0.15) is 13.2 Å². The fraction of sp³-hybridized carbons (Fsp3) is 0.111. The lowest BCUT2D eigenvalue weighted by Gasteiger charge is -2.14. The van der Waals surface area contributed by atoms with E-state index in [9.17, 15) is 4.79 Å². The van der Waals surface area contributed by atoms with Crippen LogP contribution in [0.5, 0.6) is 0 Å². The number of benzene rings is 2. The van der Waals surface area contributed by atoms with Crippen LogP contribution in [-0.2, 0) is 9.57 Å². The van der Waals surface area contributed by atoms with Crippen LogP contribution in [0.25, 0.3) is 11.0 Å². The number of nitrogens with one attached hydrogen (secondary N) is 2. The normalized spacial score (nSPS) is 10.7. The molecule has 0 saturated carbocycles. The molecule has 0 aliphatic heterocycles. The highest BCUT2D eigenvalue weighted by atomic mass is 79.9. The average Bonchev–Trinajstić information content (AvgIpc) is 3.06. The highest BCUT2D eigenvalue weighted by Crippen LogP contribution is 2.36. The number of nitrogens with two attached hydrogens (primary N) is 1. The molecule has 1 heterocycles. The van der Waals surface area contributed by atoms with Crippen molar-refractivity contribution >= 4 is 61.6 Å². The third kappa shape index (κ3) is 4.61. The van der Waals surface area contributed by atoms with Gasteiger partial charge < -0.3 is 20.3 Å². The van der Waals surface area contributed by atoms with E-state index in [1.54, 1.807) is 18.2 Å². The SMILES string of the molecule is C=COCCONC(=O)c1cc2c(N)noc2c(F)c1Nc1ccc(Br)cc1Cl. The number of hydrogen-bond acceptors (Lipinski definition) is 7. The summed E-state index contributed by atoms with van der Waals surface area (Å²) >= 11 is 9.50. The van der Waals surface area contributed by atoms with Crippen LogP contribution >= 0.6 is 27.5 Å². The number of nitrogens with zero attached hydrogens (tertiary/aromatic N) is 1. The van der Waals surface area contributed by atoms with Crippen LogP contribution in [0, 0.1) is 5.82 Å². The van der Waals surface area contributed by atoms with E-state index in [-0.39, 0.29) is 41.3 Å². The van der Waals surface area contributed by atoms with E-state index in [4.69, 9.17) is 31.4 Å². The van der Waals surface area contributed by atoms with Gasteiger partial charge in [0.05, 0.1) is 33.6 Å². The molecule has 0 radical (unpaired) electrons. The lowest BCUT2D eigenvalue weighted by atomic mass is 10.1. The first-order valence-corrected chi connectivity index (χ1v) is 9.33. The summed E-state index contributed by atoms with van der Waals surface area (Å²) in [4.78, 5) is 17.7. The summed E-state index contributed by atoms with van der Waals surface area (Å²) in [6.07, 6.45) is 1.24. The van der Waals surface area contributed by atoms with E-state index >= 15 is 4.39 Å². The van der Waals surface area contributed by atoms with Crippen molar-refractivity contribution in [3.8, 4) is 0 Å². The zero-order chi connectivity index (χ0) is 21.0. The molecule has 0 atom stereocenters. The number of carbonyl (C=O) groups excluding carboxylic acids is 1. The number of halogens is 3.